The van der Waals surface area contributed by atoms with E-state index in [1.807, 2.05) is 24.0 Å². The summed E-state index contributed by atoms with van der Waals surface area (Å²) < 4.78 is 5.76. The van der Waals surface area contributed by atoms with Crippen LogP contribution < -0.4 is 5.73 Å². The van der Waals surface area contributed by atoms with Gasteiger partial charge in [0.05, 0.1) is 17.8 Å². The van der Waals surface area contributed by atoms with Crippen molar-refractivity contribution in [2.24, 2.45) is 0 Å². The smallest absolute Gasteiger partial charge is 0.256 e. The lowest BCUT2D eigenvalue weighted by Gasteiger charge is -2.36. The van der Waals surface area contributed by atoms with E-state index in [-0.39, 0.29) is 18.1 Å². The Labute approximate surface area is 108 Å². The van der Waals surface area contributed by atoms with E-state index in [2.05, 4.69) is 6.92 Å². The molecule has 0 saturated carbocycles. The van der Waals surface area contributed by atoms with Crippen molar-refractivity contribution in [2.45, 2.75) is 32.5 Å². The van der Waals surface area contributed by atoms with E-state index in [1.165, 1.54) is 0 Å². The lowest BCUT2D eigenvalue weighted by Crippen LogP contribution is -2.49. The number of nitrogen functional groups attached to an aromatic ring is 1. The molecule has 0 spiro atoms. The summed E-state index contributed by atoms with van der Waals surface area (Å²) in [5.41, 5.74) is 6.97. The number of hydrogen-bond donors (Lipinski definition) is 1. The Hall–Kier alpha value is -1.55. The predicted octanol–water partition coefficient (Wildman–Crippen LogP) is 1.91. The highest BCUT2D eigenvalue weighted by Gasteiger charge is 2.28. The van der Waals surface area contributed by atoms with Crippen LogP contribution in [-0.4, -0.2) is 36.1 Å². The molecule has 0 radical (unpaired) electrons. The average Bonchev–Trinajstić information content (AvgIpc) is 2.37. The van der Waals surface area contributed by atoms with Crippen molar-refractivity contribution in [3.63, 3.8) is 0 Å². The Morgan fingerprint density at radius 1 is 1.44 bits per heavy atom. The van der Waals surface area contributed by atoms with E-state index in [0.29, 0.717) is 24.3 Å². The van der Waals surface area contributed by atoms with E-state index in [9.17, 15) is 4.79 Å². The van der Waals surface area contributed by atoms with Crippen LogP contribution in [0, 0.1) is 0 Å². The number of carbonyl (C=O) groups is 1. The third-order valence-corrected chi connectivity index (χ3v) is 3.26. The molecule has 1 aromatic rings. The molecular formula is C14H20N2O2. The molecule has 4 nitrogen and oxygen atoms in total. The van der Waals surface area contributed by atoms with Crippen molar-refractivity contribution in [2.75, 3.05) is 18.8 Å². The number of carbonyl (C=O) groups excluding carboxylic acids is 1. The highest BCUT2D eigenvalue weighted by atomic mass is 16.5. The van der Waals surface area contributed by atoms with Gasteiger partial charge in [-0.15, -0.1) is 0 Å². The number of benzene rings is 1. The predicted molar refractivity (Wildman–Crippen MR) is 71.4 cm³/mol. The van der Waals surface area contributed by atoms with Crippen molar-refractivity contribution < 1.29 is 9.53 Å². The van der Waals surface area contributed by atoms with Gasteiger partial charge in [-0.1, -0.05) is 19.1 Å². The maximum Gasteiger partial charge on any atom is 0.256 e. The molecule has 4 heteroatoms. The third-order valence-electron chi connectivity index (χ3n) is 3.26. The number of nitrogens with two attached hydrogens (primary N) is 1. The fraction of sp³-hybridized carbons (Fsp3) is 0.500. The summed E-state index contributed by atoms with van der Waals surface area (Å²) in [6.07, 6.45) is 1.12. The maximum atomic E-state index is 12.4. The Morgan fingerprint density at radius 3 is 2.83 bits per heavy atom. The van der Waals surface area contributed by atoms with Crippen LogP contribution in [0.2, 0.25) is 0 Å². The Balaban J connectivity index is 2.16. The van der Waals surface area contributed by atoms with E-state index in [0.717, 1.165) is 6.42 Å². The molecule has 2 N–H and O–H groups in total. The number of nitrogens with zero attached hydrogens (tertiary/aromatic N) is 1. The minimum atomic E-state index is 0.00157. The average molecular weight is 248 g/mol. The number of amides is 1. The molecule has 1 amide bonds. The standard InChI is InChI=1S/C14H20N2O2/c1-3-11-9-16(8-10(2)18-11)14(17)12-6-4-5-7-13(12)15/h4-7,10-11H,3,8-9,15H2,1-2H3. The van der Waals surface area contributed by atoms with E-state index >= 15 is 0 Å². The highest BCUT2D eigenvalue weighted by molar-refractivity contribution is 5.99. The van der Waals surface area contributed by atoms with Gasteiger partial charge in [0.1, 0.15) is 0 Å². The minimum Gasteiger partial charge on any atom is -0.398 e. The molecule has 0 bridgehead atoms. The molecule has 1 aliphatic rings. The zero-order valence-corrected chi connectivity index (χ0v) is 10.9. The van der Waals surface area contributed by atoms with Crippen LogP contribution in [-0.2, 0) is 4.74 Å². The molecule has 2 atom stereocenters. The quantitative estimate of drug-likeness (QED) is 0.813. The first-order valence-corrected chi connectivity index (χ1v) is 6.41. The summed E-state index contributed by atoms with van der Waals surface area (Å²) in [4.78, 5) is 14.3. The zero-order valence-electron chi connectivity index (χ0n) is 10.9. The van der Waals surface area contributed by atoms with Crippen molar-refractivity contribution >= 4 is 11.6 Å². The molecule has 2 unspecified atom stereocenters. The van der Waals surface area contributed by atoms with Crippen LogP contribution in [0.4, 0.5) is 5.69 Å². The third kappa shape index (κ3) is 2.64. The number of para-hydroxylation sites is 1. The van der Waals surface area contributed by atoms with Crippen molar-refractivity contribution in [1.29, 1.82) is 0 Å². The maximum absolute atomic E-state index is 12.4. The fourth-order valence-electron chi connectivity index (χ4n) is 2.30. The molecule has 1 saturated heterocycles. The molecule has 1 fully saturated rings. The second-order valence-electron chi connectivity index (χ2n) is 4.77. The molecule has 0 aliphatic carbocycles. The van der Waals surface area contributed by atoms with Crippen LogP contribution in [0.15, 0.2) is 24.3 Å². The summed E-state index contributed by atoms with van der Waals surface area (Å²) >= 11 is 0. The first-order valence-electron chi connectivity index (χ1n) is 6.41. The molecule has 98 valence electrons. The Bertz CT molecular complexity index is 434. The summed E-state index contributed by atoms with van der Waals surface area (Å²) in [5.74, 6) is 0.00157. The van der Waals surface area contributed by atoms with Crippen molar-refractivity contribution in [3.8, 4) is 0 Å². The molecule has 18 heavy (non-hydrogen) atoms. The van der Waals surface area contributed by atoms with Crippen molar-refractivity contribution in [1.82, 2.24) is 4.90 Å². The van der Waals surface area contributed by atoms with Crippen LogP contribution in [0.25, 0.3) is 0 Å². The Morgan fingerprint density at radius 2 is 2.17 bits per heavy atom. The second kappa shape index (κ2) is 5.40. The van der Waals surface area contributed by atoms with Gasteiger partial charge >= 0.3 is 0 Å². The van der Waals surface area contributed by atoms with Gasteiger partial charge in [0, 0.05) is 18.8 Å². The van der Waals surface area contributed by atoms with E-state index in [4.69, 9.17) is 10.5 Å². The summed E-state index contributed by atoms with van der Waals surface area (Å²) in [7, 11) is 0. The number of ether oxygens (including phenoxy) is 1. The molecule has 2 rings (SSSR count). The highest BCUT2D eigenvalue weighted by Crippen LogP contribution is 2.19. The summed E-state index contributed by atoms with van der Waals surface area (Å²) in [6, 6.07) is 7.21. The second-order valence-corrected chi connectivity index (χ2v) is 4.77. The van der Waals surface area contributed by atoms with Gasteiger partial charge in [-0.3, -0.25) is 4.79 Å². The van der Waals surface area contributed by atoms with Gasteiger partial charge in [0.15, 0.2) is 0 Å². The SMILES string of the molecule is CCC1CN(C(=O)c2ccccc2N)CC(C)O1. The fourth-order valence-corrected chi connectivity index (χ4v) is 2.30. The van der Waals surface area contributed by atoms with Gasteiger partial charge in [-0.25, -0.2) is 0 Å². The van der Waals surface area contributed by atoms with Crippen LogP contribution in [0.3, 0.4) is 0 Å². The van der Waals surface area contributed by atoms with E-state index < -0.39 is 0 Å². The first-order chi connectivity index (χ1) is 8.61. The zero-order chi connectivity index (χ0) is 13.1. The van der Waals surface area contributed by atoms with Crippen LogP contribution in [0.5, 0.6) is 0 Å². The largest absolute Gasteiger partial charge is 0.398 e. The van der Waals surface area contributed by atoms with Gasteiger partial charge in [-0.2, -0.15) is 0 Å². The van der Waals surface area contributed by atoms with Gasteiger partial charge in [0.2, 0.25) is 0 Å². The first kappa shape index (κ1) is 12.9. The number of rotatable bonds is 2. The number of morpholine rings is 1. The lowest BCUT2D eigenvalue weighted by molar-refractivity contribution is -0.0680. The van der Waals surface area contributed by atoms with Gasteiger partial charge < -0.3 is 15.4 Å². The Kier molecular flexibility index (Phi) is 3.87. The van der Waals surface area contributed by atoms with Gasteiger partial charge in [-0.05, 0) is 25.5 Å². The molecule has 1 heterocycles. The normalized spacial score (nSPS) is 24.0. The van der Waals surface area contributed by atoms with Crippen LogP contribution in [0.1, 0.15) is 30.6 Å². The topological polar surface area (TPSA) is 55.6 Å². The number of anilines is 1. The van der Waals surface area contributed by atoms with Gasteiger partial charge in [0.25, 0.3) is 5.91 Å². The lowest BCUT2D eigenvalue weighted by atomic mass is 10.1. The molecule has 1 aromatic carbocycles. The summed E-state index contributed by atoms with van der Waals surface area (Å²) in [5, 5.41) is 0. The number of hydrogen-bond acceptors (Lipinski definition) is 3. The van der Waals surface area contributed by atoms with Crippen molar-refractivity contribution in [3.05, 3.63) is 29.8 Å². The van der Waals surface area contributed by atoms with E-state index in [1.54, 1.807) is 12.1 Å². The summed E-state index contributed by atoms with van der Waals surface area (Å²) in [6.45, 7) is 5.34. The molecule has 0 aromatic heterocycles. The molecule has 1 aliphatic heterocycles. The monoisotopic (exact) mass is 248 g/mol. The minimum absolute atomic E-state index is 0.00157. The van der Waals surface area contributed by atoms with Crippen LogP contribution >= 0.6 is 0 Å². The molecular weight excluding hydrogens is 228 g/mol.